The summed E-state index contributed by atoms with van der Waals surface area (Å²) in [6, 6.07) is 9.94. The number of alkyl carbamates (subject to hydrolysis) is 1. The quantitative estimate of drug-likeness (QED) is 0.505. The zero-order chi connectivity index (χ0) is 22.1. The van der Waals surface area contributed by atoms with Crippen LogP contribution in [0.3, 0.4) is 0 Å². The van der Waals surface area contributed by atoms with Gasteiger partial charge in [-0.05, 0) is 33.3 Å². The van der Waals surface area contributed by atoms with Crippen LogP contribution in [-0.2, 0) is 4.74 Å². The molecule has 2 aromatic heterocycles. The Hall–Kier alpha value is -3.09. The van der Waals surface area contributed by atoms with Crippen molar-refractivity contribution in [3.05, 3.63) is 42.9 Å². The highest BCUT2D eigenvalue weighted by atomic mass is 16.6. The molecule has 0 radical (unpaired) electrons. The molecule has 0 aliphatic heterocycles. The number of hydrogen-bond donors (Lipinski definition) is 3. The van der Waals surface area contributed by atoms with Gasteiger partial charge in [0, 0.05) is 25.8 Å². The van der Waals surface area contributed by atoms with E-state index in [0.717, 1.165) is 28.0 Å². The van der Waals surface area contributed by atoms with Gasteiger partial charge >= 0.3 is 6.09 Å². The summed E-state index contributed by atoms with van der Waals surface area (Å²) in [6.45, 7) is 12.2. The Morgan fingerprint density at radius 3 is 2.50 bits per heavy atom. The van der Waals surface area contributed by atoms with Crippen LogP contribution in [0.2, 0.25) is 0 Å². The molecule has 2 heterocycles. The van der Waals surface area contributed by atoms with Gasteiger partial charge in [0.1, 0.15) is 23.4 Å². The Morgan fingerprint density at radius 2 is 1.87 bits per heavy atom. The number of aromatic amines is 1. The van der Waals surface area contributed by atoms with Crippen LogP contribution in [0.4, 0.5) is 10.6 Å². The van der Waals surface area contributed by atoms with Crippen LogP contribution in [0.5, 0.6) is 0 Å². The number of benzene rings is 1. The van der Waals surface area contributed by atoms with E-state index >= 15 is 0 Å². The molecule has 3 rings (SSSR count). The van der Waals surface area contributed by atoms with Gasteiger partial charge in [-0.2, -0.15) is 0 Å². The van der Waals surface area contributed by atoms with E-state index in [-0.39, 0.29) is 7.47 Å². The predicted octanol–water partition coefficient (Wildman–Crippen LogP) is 5.61. The zero-order valence-corrected chi connectivity index (χ0v) is 18.7. The van der Waals surface area contributed by atoms with Crippen molar-refractivity contribution in [3.63, 3.8) is 0 Å². The Bertz CT molecular complexity index is 938. The molecule has 1 amide bonds. The second-order valence-corrected chi connectivity index (χ2v) is 8.15. The summed E-state index contributed by atoms with van der Waals surface area (Å²) in [5, 5.41) is 7.05. The third-order valence-electron chi connectivity index (χ3n) is 3.89. The Balaban J connectivity index is 0.00000113. The van der Waals surface area contributed by atoms with Crippen LogP contribution in [-0.4, -0.2) is 39.2 Å². The minimum absolute atomic E-state index is 0. The zero-order valence-electron chi connectivity index (χ0n) is 18.7. The number of carbonyl (C=O) groups excluding carboxylic acids is 1. The summed E-state index contributed by atoms with van der Waals surface area (Å²) in [5.41, 5.74) is 2.35. The molecule has 0 saturated heterocycles. The number of hydrogen-bond acceptors (Lipinski definition) is 5. The number of carbonyl (C=O) groups is 1. The normalized spacial score (nSPS) is 11.9. The molecule has 0 unspecified atom stereocenters. The van der Waals surface area contributed by atoms with Crippen LogP contribution in [0, 0.1) is 0 Å². The summed E-state index contributed by atoms with van der Waals surface area (Å²) in [7, 11) is 0. The molecule has 1 aromatic carbocycles. The maximum absolute atomic E-state index is 11.9. The molecule has 30 heavy (non-hydrogen) atoms. The van der Waals surface area contributed by atoms with Crippen LogP contribution in [0.15, 0.2) is 42.9 Å². The third kappa shape index (κ3) is 6.76. The predicted molar refractivity (Wildman–Crippen MR) is 125 cm³/mol. The summed E-state index contributed by atoms with van der Waals surface area (Å²) in [6.07, 6.45) is 4.26. The van der Waals surface area contributed by atoms with Crippen molar-refractivity contribution in [3.8, 4) is 11.1 Å². The first-order valence-electron chi connectivity index (χ1n) is 10.4. The molecule has 1 atom stereocenters. The average Bonchev–Trinajstić information content (AvgIpc) is 3.11. The molecule has 0 aliphatic rings. The van der Waals surface area contributed by atoms with Gasteiger partial charge in [-0.25, -0.2) is 14.8 Å². The van der Waals surface area contributed by atoms with Crippen LogP contribution in [0.1, 0.15) is 49.4 Å². The maximum Gasteiger partial charge on any atom is 0.407 e. The number of fused-ring (bicyclic) bond motifs is 1. The number of rotatable bonds is 5. The lowest BCUT2D eigenvalue weighted by atomic mass is 10.1. The maximum atomic E-state index is 11.9. The minimum Gasteiger partial charge on any atom is -0.444 e. The van der Waals surface area contributed by atoms with Gasteiger partial charge in [0.05, 0.1) is 5.39 Å². The molecule has 0 spiro atoms. The number of aromatic nitrogens is 3. The fourth-order valence-corrected chi connectivity index (χ4v) is 2.75. The highest BCUT2D eigenvalue weighted by molar-refractivity contribution is 6.00. The number of nitrogens with one attached hydrogen (secondary N) is 3. The molecule has 3 N–H and O–H groups in total. The lowest BCUT2D eigenvalue weighted by molar-refractivity contribution is 0.0511. The fourth-order valence-electron chi connectivity index (χ4n) is 2.75. The second kappa shape index (κ2) is 10.6. The lowest BCUT2D eigenvalue weighted by Gasteiger charge is -2.22. The summed E-state index contributed by atoms with van der Waals surface area (Å²) >= 11 is 0. The van der Waals surface area contributed by atoms with Crippen molar-refractivity contribution in [2.24, 2.45) is 0 Å². The summed E-state index contributed by atoms with van der Waals surface area (Å²) in [4.78, 5) is 23.8. The van der Waals surface area contributed by atoms with E-state index in [4.69, 9.17) is 4.74 Å². The first kappa shape index (κ1) is 23.2. The number of ether oxygens (including phenoxy) is 1. The second-order valence-electron chi connectivity index (χ2n) is 8.15. The smallest absolute Gasteiger partial charge is 0.407 e. The van der Waals surface area contributed by atoms with Gasteiger partial charge in [-0.3, -0.25) is 0 Å². The SMILES string of the molecule is CCC.C[C@H](CNc1ncnc2[nH]cc(-c3ccccc3)c12)NC(=O)OC(C)(C)C.[HH]. The van der Waals surface area contributed by atoms with E-state index in [9.17, 15) is 4.79 Å². The number of nitrogens with zero attached hydrogens (tertiary/aromatic N) is 2. The van der Waals surface area contributed by atoms with Crippen LogP contribution >= 0.6 is 0 Å². The Kier molecular flexibility index (Phi) is 8.21. The Morgan fingerprint density at radius 1 is 1.20 bits per heavy atom. The van der Waals surface area contributed by atoms with Crippen molar-refractivity contribution >= 4 is 22.9 Å². The van der Waals surface area contributed by atoms with Crippen molar-refractivity contribution < 1.29 is 11.0 Å². The van der Waals surface area contributed by atoms with Gasteiger partial charge < -0.3 is 20.4 Å². The van der Waals surface area contributed by atoms with Gasteiger partial charge in [-0.15, -0.1) is 0 Å². The molecule has 3 aromatic rings. The lowest BCUT2D eigenvalue weighted by Crippen LogP contribution is -2.40. The van der Waals surface area contributed by atoms with Crippen molar-refractivity contribution in [1.82, 2.24) is 20.3 Å². The number of amides is 1. The minimum atomic E-state index is -0.522. The molecule has 0 aliphatic carbocycles. The van der Waals surface area contributed by atoms with Crippen molar-refractivity contribution in [2.45, 2.75) is 59.6 Å². The van der Waals surface area contributed by atoms with Gasteiger partial charge in [0.15, 0.2) is 0 Å². The van der Waals surface area contributed by atoms with E-state index in [0.29, 0.717) is 6.54 Å². The summed E-state index contributed by atoms with van der Waals surface area (Å²) in [5.74, 6) is 0.720. The fraction of sp³-hybridized carbons (Fsp3) is 0.435. The van der Waals surface area contributed by atoms with E-state index in [1.165, 1.54) is 12.7 Å². The molecule has 7 heteroatoms. The summed E-state index contributed by atoms with van der Waals surface area (Å²) < 4.78 is 5.29. The average molecular weight is 414 g/mol. The Labute approximate surface area is 180 Å². The van der Waals surface area contributed by atoms with Gasteiger partial charge in [0.25, 0.3) is 0 Å². The molecule has 0 saturated carbocycles. The largest absolute Gasteiger partial charge is 0.444 e. The van der Waals surface area contributed by atoms with Gasteiger partial charge in [0.2, 0.25) is 0 Å². The highest BCUT2D eigenvalue weighted by Crippen LogP contribution is 2.31. The van der Waals surface area contributed by atoms with Crippen LogP contribution in [0.25, 0.3) is 22.2 Å². The first-order chi connectivity index (χ1) is 14.2. The highest BCUT2D eigenvalue weighted by Gasteiger charge is 2.18. The molecular weight excluding hydrogens is 378 g/mol. The molecule has 0 fully saturated rings. The molecule has 0 bridgehead atoms. The topological polar surface area (TPSA) is 91.9 Å². The number of H-pyrrole nitrogens is 1. The van der Waals surface area contributed by atoms with E-state index in [1.807, 2.05) is 64.2 Å². The molecular formula is C23H35N5O2. The monoisotopic (exact) mass is 413 g/mol. The molecule has 164 valence electrons. The van der Waals surface area contributed by atoms with E-state index < -0.39 is 11.7 Å². The standard InChI is InChI=1S/C20H25N5O2.C3H8.H2/c1-13(25-19(26)27-20(2,3)4)10-21-17-16-15(14-8-6-5-7-9-14)11-22-18(16)24-12-23-17;1-3-2;/h5-9,11-13H,10H2,1-4H3,(H,25,26)(H2,21,22,23,24);3H2,1-2H3;1H/t13-;;/m1../s1. The van der Waals surface area contributed by atoms with Crippen molar-refractivity contribution in [1.29, 1.82) is 0 Å². The molecule has 7 nitrogen and oxygen atoms in total. The third-order valence-corrected chi connectivity index (χ3v) is 3.89. The first-order valence-corrected chi connectivity index (χ1v) is 10.4. The van der Waals surface area contributed by atoms with Crippen molar-refractivity contribution in [2.75, 3.05) is 11.9 Å². The van der Waals surface area contributed by atoms with E-state index in [1.54, 1.807) is 0 Å². The van der Waals surface area contributed by atoms with Gasteiger partial charge in [-0.1, -0.05) is 50.6 Å². The number of anilines is 1. The van der Waals surface area contributed by atoms with E-state index in [2.05, 4.69) is 39.4 Å². The van der Waals surface area contributed by atoms with Crippen LogP contribution < -0.4 is 10.6 Å².